The van der Waals surface area contributed by atoms with E-state index in [9.17, 15) is 13.6 Å². The Bertz CT molecular complexity index is 1580. The summed E-state index contributed by atoms with van der Waals surface area (Å²) in [6, 6.07) is 15.0. The van der Waals surface area contributed by atoms with Crippen LogP contribution in [0.4, 0.5) is 8.78 Å². The van der Waals surface area contributed by atoms with Crippen molar-refractivity contribution < 1.29 is 13.6 Å². The van der Waals surface area contributed by atoms with Gasteiger partial charge in [-0.05, 0) is 82.0 Å². The molecular weight excluding hydrogens is 440 g/mol. The van der Waals surface area contributed by atoms with Gasteiger partial charge in [-0.3, -0.25) is 4.79 Å². The Balaban J connectivity index is 1.55. The predicted octanol–water partition coefficient (Wildman–Crippen LogP) is 5.29. The lowest BCUT2D eigenvalue weighted by molar-refractivity contribution is 0.0943. The summed E-state index contributed by atoms with van der Waals surface area (Å²) in [5.41, 5.74) is 5.46. The van der Waals surface area contributed by atoms with Crippen LogP contribution in [0.25, 0.3) is 23.3 Å². The topological polar surface area (TPSA) is 29.1 Å². The van der Waals surface area contributed by atoms with Crippen molar-refractivity contribution in [1.29, 1.82) is 0 Å². The summed E-state index contributed by atoms with van der Waals surface area (Å²) in [5, 5.41) is 5.41. The minimum absolute atomic E-state index is 0.0440. The maximum atomic E-state index is 14.1. The molecule has 0 saturated carbocycles. The van der Waals surface area contributed by atoms with Gasteiger partial charge < -0.3 is 5.32 Å². The van der Waals surface area contributed by atoms with Crippen LogP contribution in [-0.4, -0.2) is 5.78 Å². The van der Waals surface area contributed by atoms with Crippen molar-refractivity contribution in [3.05, 3.63) is 130 Å². The van der Waals surface area contributed by atoms with Gasteiger partial charge in [0.25, 0.3) is 0 Å². The van der Waals surface area contributed by atoms with Crippen molar-refractivity contribution in [3.63, 3.8) is 0 Å². The minimum Gasteiger partial charge on any atom is -0.364 e. The van der Waals surface area contributed by atoms with Gasteiger partial charge in [-0.1, -0.05) is 54.6 Å². The number of fused-ring (bicyclic) bond motifs is 5. The third-order valence-corrected chi connectivity index (χ3v) is 7.11. The first-order valence-corrected chi connectivity index (χ1v) is 11.8. The van der Waals surface area contributed by atoms with Crippen molar-refractivity contribution in [3.8, 4) is 11.1 Å². The molecule has 1 aliphatic heterocycles. The molecule has 0 saturated heterocycles. The van der Waals surface area contributed by atoms with Crippen molar-refractivity contribution in [2.75, 3.05) is 0 Å². The van der Waals surface area contributed by atoms with Crippen LogP contribution < -0.4 is 15.8 Å². The molecule has 2 aliphatic carbocycles. The molecule has 6 rings (SSSR count). The largest absolute Gasteiger partial charge is 0.364 e. The molecule has 4 heteroatoms. The van der Waals surface area contributed by atoms with E-state index < -0.39 is 11.7 Å². The zero-order valence-electron chi connectivity index (χ0n) is 19.0. The molecule has 1 N–H and O–H groups in total. The molecule has 172 valence electrons. The van der Waals surface area contributed by atoms with Crippen LogP contribution in [0, 0.1) is 17.6 Å². The van der Waals surface area contributed by atoms with E-state index in [0.717, 1.165) is 38.4 Å². The predicted molar refractivity (Wildman–Crippen MR) is 135 cm³/mol. The standard InChI is InChI=1S/C31H23F2NO/c32-22-6-4-5-20(15-22)31(35)21-16-28-25-11-9-19-8-10-23(33)18-27(19)24(25)12-13-26(28)29(17-21)30-7-2-1-3-14-34-30/h1-8,10-16,18,21,29,34H,9,17H2. The number of allylic oxidation sites excluding steroid dienone is 5. The maximum Gasteiger partial charge on any atom is 0.169 e. The molecule has 2 atom stereocenters. The van der Waals surface area contributed by atoms with Gasteiger partial charge in [0.1, 0.15) is 11.6 Å². The summed E-state index contributed by atoms with van der Waals surface area (Å²) in [6.45, 7) is 0. The van der Waals surface area contributed by atoms with E-state index in [1.807, 2.05) is 42.6 Å². The highest BCUT2D eigenvalue weighted by molar-refractivity contribution is 6.01. The van der Waals surface area contributed by atoms with Crippen LogP contribution in [0.3, 0.4) is 0 Å². The fourth-order valence-electron chi connectivity index (χ4n) is 5.46. The minimum atomic E-state index is -0.420. The second-order valence-electron chi connectivity index (χ2n) is 9.19. The lowest BCUT2D eigenvalue weighted by Crippen LogP contribution is -2.40. The Morgan fingerprint density at radius 3 is 2.66 bits per heavy atom. The van der Waals surface area contributed by atoms with E-state index in [2.05, 4.69) is 23.5 Å². The summed E-state index contributed by atoms with van der Waals surface area (Å²) in [4.78, 5) is 13.5. The summed E-state index contributed by atoms with van der Waals surface area (Å²) in [6.07, 6.45) is 15.3. The Morgan fingerprint density at radius 2 is 1.77 bits per heavy atom. The zero-order valence-corrected chi connectivity index (χ0v) is 19.0. The van der Waals surface area contributed by atoms with Crippen molar-refractivity contribution in [2.24, 2.45) is 5.92 Å². The van der Waals surface area contributed by atoms with Gasteiger partial charge in [0.2, 0.25) is 0 Å². The van der Waals surface area contributed by atoms with Crippen LogP contribution >= 0.6 is 0 Å². The number of ketones is 1. The van der Waals surface area contributed by atoms with Crippen LogP contribution in [-0.2, 0) is 6.42 Å². The number of nitrogens with one attached hydrogen (secondary N) is 1. The van der Waals surface area contributed by atoms with E-state index in [1.165, 1.54) is 18.2 Å². The zero-order chi connectivity index (χ0) is 23.9. The van der Waals surface area contributed by atoms with Gasteiger partial charge in [0, 0.05) is 29.3 Å². The number of rotatable bonds is 3. The quantitative estimate of drug-likeness (QED) is 0.535. The number of Topliss-reactive ketones (excluding diaryl/α,β-unsaturated/α-hetero) is 1. The normalized spacial score (nSPS) is 19.7. The molecule has 0 aromatic heterocycles. The summed E-state index contributed by atoms with van der Waals surface area (Å²) >= 11 is 0. The summed E-state index contributed by atoms with van der Waals surface area (Å²) in [7, 11) is 0. The van der Waals surface area contributed by atoms with E-state index in [4.69, 9.17) is 0 Å². The van der Waals surface area contributed by atoms with Crippen LogP contribution in [0.15, 0.2) is 90.8 Å². The molecule has 0 radical (unpaired) electrons. The van der Waals surface area contributed by atoms with E-state index in [-0.39, 0.29) is 17.5 Å². The van der Waals surface area contributed by atoms with E-state index in [0.29, 0.717) is 18.4 Å². The number of hydrogen-bond donors (Lipinski definition) is 1. The highest BCUT2D eigenvalue weighted by Crippen LogP contribution is 2.35. The molecular formula is C31H23F2NO. The van der Waals surface area contributed by atoms with Gasteiger partial charge in [-0.15, -0.1) is 0 Å². The smallest absolute Gasteiger partial charge is 0.169 e. The van der Waals surface area contributed by atoms with Crippen molar-refractivity contribution >= 4 is 17.9 Å². The molecule has 2 unspecified atom stereocenters. The third kappa shape index (κ3) is 3.85. The Hall–Kier alpha value is -4.05. The lowest BCUT2D eigenvalue weighted by atomic mass is 9.75. The average Bonchev–Trinajstić information content (AvgIpc) is 3.17. The molecule has 2 nitrogen and oxygen atoms in total. The van der Waals surface area contributed by atoms with Crippen LogP contribution in [0.2, 0.25) is 0 Å². The van der Waals surface area contributed by atoms with E-state index in [1.54, 1.807) is 18.2 Å². The SMILES string of the molecule is O=C(c1cccc(F)c1)C1C=c2c(ccc3c2=CCc2ccc(F)cc2-3)C(C2=CC=CC=CN2)C1. The molecule has 0 amide bonds. The summed E-state index contributed by atoms with van der Waals surface area (Å²) in [5.74, 6) is -1.24. The number of benzene rings is 3. The molecule has 0 spiro atoms. The molecule has 0 bridgehead atoms. The second-order valence-corrected chi connectivity index (χ2v) is 9.19. The highest BCUT2D eigenvalue weighted by atomic mass is 19.1. The number of carbonyl (C=O) groups is 1. The Kier molecular flexibility index (Phi) is 5.29. The van der Waals surface area contributed by atoms with Gasteiger partial charge in [-0.25, -0.2) is 8.78 Å². The first kappa shape index (κ1) is 21.5. The van der Waals surface area contributed by atoms with Crippen LogP contribution in [0.5, 0.6) is 0 Å². The Morgan fingerprint density at radius 1 is 0.886 bits per heavy atom. The summed E-state index contributed by atoms with van der Waals surface area (Å²) < 4.78 is 28.0. The maximum absolute atomic E-state index is 14.1. The van der Waals surface area contributed by atoms with Crippen molar-refractivity contribution in [1.82, 2.24) is 5.32 Å². The molecule has 3 aliphatic rings. The number of hydrogen-bond acceptors (Lipinski definition) is 2. The monoisotopic (exact) mass is 463 g/mol. The van der Waals surface area contributed by atoms with Gasteiger partial charge in [-0.2, -0.15) is 0 Å². The van der Waals surface area contributed by atoms with Gasteiger partial charge in [0.15, 0.2) is 5.78 Å². The first-order valence-electron chi connectivity index (χ1n) is 11.8. The van der Waals surface area contributed by atoms with Crippen LogP contribution in [0.1, 0.15) is 33.8 Å². The van der Waals surface area contributed by atoms with Gasteiger partial charge in [0.05, 0.1) is 0 Å². The first-order chi connectivity index (χ1) is 17.1. The molecule has 3 aromatic carbocycles. The Labute approximate surface area is 202 Å². The average molecular weight is 464 g/mol. The fourth-order valence-corrected chi connectivity index (χ4v) is 5.46. The third-order valence-electron chi connectivity index (χ3n) is 7.11. The second kappa shape index (κ2) is 8.62. The highest BCUT2D eigenvalue weighted by Gasteiger charge is 2.31. The molecule has 1 heterocycles. The number of halogens is 2. The molecule has 3 aromatic rings. The van der Waals surface area contributed by atoms with Crippen molar-refractivity contribution in [2.45, 2.75) is 18.8 Å². The molecule has 0 fully saturated rings. The number of carbonyl (C=O) groups excluding carboxylic acids is 1. The van der Waals surface area contributed by atoms with Gasteiger partial charge >= 0.3 is 0 Å². The van der Waals surface area contributed by atoms with E-state index >= 15 is 0 Å². The fraction of sp³-hybridized carbons (Fsp3) is 0.129. The lowest BCUT2D eigenvalue weighted by Gasteiger charge is -2.30. The molecule has 35 heavy (non-hydrogen) atoms.